The highest BCUT2D eigenvalue weighted by Gasteiger charge is 2.44. The SMILES string of the molecule is Cc1cccc(C(C)C)c1NC(=O)C1(C(C)C)CCNC1. The van der Waals surface area contributed by atoms with Gasteiger partial charge in [-0.1, -0.05) is 45.9 Å². The zero-order valence-electron chi connectivity index (χ0n) is 13.9. The number of hydrogen-bond donors (Lipinski definition) is 2. The van der Waals surface area contributed by atoms with Gasteiger partial charge < -0.3 is 10.6 Å². The molecule has 1 aliphatic rings. The predicted molar refractivity (Wildman–Crippen MR) is 88.7 cm³/mol. The van der Waals surface area contributed by atoms with Crippen LogP contribution in [-0.4, -0.2) is 19.0 Å². The van der Waals surface area contributed by atoms with Crippen molar-refractivity contribution < 1.29 is 4.79 Å². The maximum Gasteiger partial charge on any atom is 0.232 e. The average Bonchev–Trinajstić information content (AvgIpc) is 2.91. The van der Waals surface area contributed by atoms with E-state index < -0.39 is 0 Å². The van der Waals surface area contributed by atoms with Crippen molar-refractivity contribution >= 4 is 11.6 Å². The van der Waals surface area contributed by atoms with Crippen LogP contribution < -0.4 is 10.6 Å². The van der Waals surface area contributed by atoms with Gasteiger partial charge in [-0.2, -0.15) is 0 Å². The van der Waals surface area contributed by atoms with E-state index in [0.29, 0.717) is 11.8 Å². The quantitative estimate of drug-likeness (QED) is 0.887. The van der Waals surface area contributed by atoms with E-state index in [0.717, 1.165) is 30.8 Å². The van der Waals surface area contributed by atoms with Crippen LogP contribution in [0.2, 0.25) is 0 Å². The first-order chi connectivity index (χ1) is 9.88. The highest BCUT2D eigenvalue weighted by Crippen LogP contribution is 2.37. The van der Waals surface area contributed by atoms with Gasteiger partial charge in [-0.15, -0.1) is 0 Å². The van der Waals surface area contributed by atoms with Gasteiger partial charge >= 0.3 is 0 Å². The molecule has 2 N–H and O–H groups in total. The Morgan fingerprint density at radius 2 is 2.00 bits per heavy atom. The molecule has 0 saturated carbocycles. The van der Waals surface area contributed by atoms with Crippen LogP contribution in [0.3, 0.4) is 0 Å². The summed E-state index contributed by atoms with van der Waals surface area (Å²) in [5, 5.41) is 6.60. The van der Waals surface area contributed by atoms with Gasteiger partial charge in [0.05, 0.1) is 5.41 Å². The Balaban J connectivity index is 2.31. The van der Waals surface area contributed by atoms with Gasteiger partial charge in [0.15, 0.2) is 0 Å². The summed E-state index contributed by atoms with van der Waals surface area (Å²) >= 11 is 0. The lowest BCUT2D eigenvalue weighted by Crippen LogP contribution is -2.42. The number of anilines is 1. The molecule has 0 aromatic heterocycles. The number of benzene rings is 1. The van der Waals surface area contributed by atoms with E-state index in [2.05, 4.69) is 63.5 Å². The summed E-state index contributed by atoms with van der Waals surface area (Å²) in [7, 11) is 0. The molecule has 0 bridgehead atoms. The van der Waals surface area contributed by atoms with Gasteiger partial charge in [-0.05, 0) is 42.9 Å². The highest BCUT2D eigenvalue weighted by atomic mass is 16.2. The first-order valence-corrected chi connectivity index (χ1v) is 8.00. The molecule has 0 spiro atoms. The van der Waals surface area contributed by atoms with Crippen molar-refractivity contribution in [2.75, 3.05) is 18.4 Å². The molecule has 1 aromatic rings. The van der Waals surface area contributed by atoms with E-state index in [1.54, 1.807) is 0 Å². The van der Waals surface area contributed by atoms with Crippen molar-refractivity contribution in [3.05, 3.63) is 29.3 Å². The highest BCUT2D eigenvalue weighted by molar-refractivity contribution is 5.97. The molecule has 21 heavy (non-hydrogen) atoms. The third-order valence-electron chi connectivity index (χ3n) is 4.91. The zero-order valence-corrected chi connectivity index (χ0v) is 13.9. The van der Waals surface area contributed by atoms with Crippen LogP contribution in [0.5, 0.6) is 0 Å². The summed E-state index contributed by atoms with van der Waals surface area (Å²) in [5.41, 5.74) is 3.08. The maximum atomic E-state index is 13.0. The summed E-state index contributed by atoms with van der Waals surface area (Å²) < 4.78 is 0. The van der Waals surface area contributed by atoms with Crippen molar-refractivity contribution in [3.63, 3.8) is 0 Å². The molecule has 1 saturated heterocycles. The minimum Gasteiger partial charge on any atom is -0.325 e. The molecule has 1 aromatic carbocycles. The van der Waals surface area contributed by atoms with Gasteiger partial charge in [-0.3, -0.25) is 4.79 Å². The predicted octanol–water partition coefficient (Wildman–Crippen LogP) is 3.69. The Hall–Kier alpha value is -1.35. The first kappa shape index (κ1) is 16.0. The van der Waals surface area contributed by atoms with Crippen molar-refractivity contribution in [1.82, 2.24) is 5.32 Å². The van der Waals surface area contributed by atoms with Crippen molar-refractivity contribution in [2.45, 2.75) is 47.0 Å². The van der Waals surface area contributed by atoms with Gasteiger partial charge in [0, 0.05) is 12.2 Å². The molecule has 0 radical (unpaired) electrons. The molecule has 2 rings (SSSR count). The number of hydrogen-bond acceptors (Lipinski definition) is 2. The number of amides is 1. The topological polar surface area (TPSA) is 41.1 Å². The fourth-order valence-corrected chi connectivity index (χ4v) is 3.24. The lowest BCUT2D eigenvalue weighted by atomic mass is 9.75. The lowest BCUT2D eigenvalue weighted by molar-refractivity contribution is -0.126. The molecule has 1 amide bonds. The Morgan fingerprint density at radius 3 is 2.52 bits per heavy atom. The smallest absolute Gasteiger partial charge is 0.232 e. The number of carbonyl (C=O) groups is 1. The van der Waals surface area contributed by atoms with E-state index in [9.17, 15) is 4.79 Å². The van der Waals surface area contributed by atoms with Gasteiger partial charge in [0.1, 0.15) is 0 Å². The Bertz CT molecular complexity index is 514. The molecule has 1 unspecified atom stereocenters. The minimum absolute atomic E-state index is 0.165. The second kappa shape index (κ2) is 6.18. The van der Waals surface area contributed by atoms with Gasteiger partial charge in [-0.25, -0.2) is 0 Å². The summed E-state index contributed by atoms with van der Waals surface area (Å²) in [6.07, 6.45) is 0.916. The second-order valence-corrected chi connectivity index (χ2v) is 6.89. The minimum atomic E-state index is -0.281. The molecule has 1 fully saturated rings. The molecule has 116 valence electrons. The zero-order chi connectivity index (χ0) is 15.6. The van der Waals surface area contributed by atoms with Gasteiger partial charge in [0.2, 0.25) is 5.91 Å². The van der Waals surface area contributed by atoms with Crippen molar-refractivity contribution in [1.29, 1.82) is 0 Å². The number of para-hydroxylation sites is 1. The second-order valence-electron chi connectivity index (χ2n) is 6.89. The molecular formula is C18H28N2O. The average molecular weight is 288 g/mol. The van der Waals surface area contributed by atoms with Gasteiger partial charge in [0.25, 0.3) is 0 Å². The third-order valence-corrected chi connectivity index (χ3v) is 4.91. The molecule has 3 nitrogen and oxygen atoms in total. The number of aryl methyl sites for hydroxylation is 1. The molecule has 1 heterocycles. The third kappa shape index (κ3) is 2.98. The maximum absolute atomic E-state index is 13.0. The molecule has 1 atom stereocenters. The summed E-state index contributed by atoms with van der Waals surface area (Å²) in [4.78, 5) is 13.0. The Kier molecular flexibility index (Phi) is 4.72. The van der Waals surface area contributed by atoms with Crippen LogP contribution in [0, 0.1) is 18.3 Å². The molecule has 0 aliphatic carbocycles. The van der Waals surface area contributed by atoms with Crippen molar-refractivity contribution in [2.24, 2.45) is 11.3 Å². The van der Waals surface area contributed by atoms with E-state index in [1.807, 2.05) is 0 Å². The molecule has 3 heteroatoms. The standard InChI is InChI=1S/C18H28N2O/c1-12(2)15-8-6-7-14(5)16(15)20-17(21)18(13(3)4)9-10-19-11-18/h6-8,12-13,19H,9-11H2,1-5H3,(H,20,21). The lowest BCUT2D eigenvalue weighted by Gasteiger charge is -2.32. The number of rotatable bonds is 4. The number of carbonyl (C=O) groups excluding carboxylic acids is 1. The molecular weight excluding hydrogens is 260 g/mol. The Labute approximate surface area is 128 Å². The van der Waals surface area contributed by atoms with E-state index in [1.165, 1.54) is 5.56 Å². The van der Waals surface area contributed by atoms with E-state index in [-0.39, 0.29) is 11.3 Å². The van der Waals surface area contributed by atoms with Crippen LogP contribution in [0.1, 0.15) is 51.2 Å². The summed E-state index contributed by atoms with van der Waals surface area (Å²) in [5.74, 6) is 0.898. The van der Waals surface area contributed by atoms with Crippen LogP contribution in [-0.2, 0) is 4.79 Å². The summed E-state index contributed by atoms with van der Waals surface area (Å²) in [6.45, 7) is 12.4. The molecule has 1 aliphatic heterocycles. The van der Waals surface area contributed by atoms with E-state index in [4.69, 9.17) is 0 Å². The van der Waals surface area contributed by atoms with Crippen molar-refractivity contribution in [3.8, 4) is 0 Å². The number of nitrogens with one attached hydrogen (secondary N) is 2. The first-order valence-electron chi connectivity index (χ1n) is 8.00. The largest absolute Gasteiger partial charge is 0.325 e. The normalized spacial score (nSPS) is 22.0. The van der Waals surface area contributed by atoms with Crippen LogP contribution >= 0.6 is 0 Å². The van der Waals surface area contributed by atoms with Crippen LogP contribution in [0.4, 0.5) is 5.69 Å². The fourth-order valence-electron chi connectivity index (χ4n) is 3.24. The van der Waals surface area contributed by atoms with Crippen LogP contribution in [0.15, 0.2) is 18.2 Å². The Morgan fingerprint density at radius 1 is 1.29 bits per heavy atom. The summed E-state index contributed by atoms with van der Waals surface area (Å²) in [6, 6.07) is 6.24. The monoisotopic (exact) mass is 288 g/mol. The van der Waals surface area contributed by atoms with E-state index >= 15 is 0 Å². The van der Waals surface area contributed by atoms with Crippen LogP contribution in [0.25, 0.3) is 0 Å². The fraction of sp³-hybridized carbons (Fsp3) is 0.611.